The third-order valence-electron chi connectivity index (χ3n) is 1.61. The largest absolute Gasteiger partial charge is 0.435 e. The SMILES string of the molecule is O[C@@H](CCl)c1cccc(OC(F)F)c1. The summed E-state index contributed by atoms with van der Waals surface area (Å²) in [5, 5.41) is 9.31. The lowest BCUT2D eigenvalue weighted by atomic mass is 10.1. The molecule has 0 aliphatic heterocycles. The van der Waals surface area contributed by atoms with E-state index in [1.165, 1.54) is 18.2 Å². The third kappa shape index (κ3) is 3.12. The molecule has 14 heavy (non-hydrogen) atoms. The Morgan fingerprint density at radius 1 is 1.43 bits per heavy atom. The lowest BCUT2D eigenvalue weighted by molar-refractivity contribution is -0.0499. The molecule has 0 saturated heterocycles. The molecule has 1 atom stereocenters. The summed E-state index contributed by atoms with van der Waals surface area (Å²) in [5.74, 6) is 0.0275. The molecule has 0 unspecified atom stereocenters. The van der Waals surface area contributed by atoms with Crippen LogP contribution in [0.15, 0.2) is 24.3 Å². The van der Waals surface area contributed by atoms with Crippen LogP contribution >= 0.6 is 11.6 Å². The Kier molecular flexibility index (Phi) is 4.10. The highest BCUT2D eigenvalue weighted by atomic mass is 35.5. The summed E-state index contributed by atoms with van der Waals surface area (Å²) in [4.78, 5) is 0. The maximum absolute atomic E-state index is 11.8. The average molecular weight is 223 g/mol. The Morgan fingerprint density at radius 3 is 2.71 bits per heavy atom. The van der Waals surface area contributed by atoms with E-state index in [1.54, 1.807) is 6.07 Å². The van der Waals surface area contributed by atoms with E-state index in [2.05, 4.69) is 4.74 Å². The fourth-order valence-electron chi connectivity index (χ4n) is 0.987. The smallest absolute Gasteiger partial charge is 0.387 e. The van der Waals surface area contributed by atoms with E-state index in [9.17, 15) is 13.9 Å². The normalized spacial score (nSPS) is 12.9. The number of aliphatic hydroxyl groups is 1. The molecule has 0 aliphatic carbocycles. The maximum atomic E-state index is 11.8. The standard InChI is InChI=1S/C9H9ClF2O2/c10-5-8(13)6-2-1-3-7(4-6)14-9(11)12/h1-4,8-9,13H,5H2/t8-/m0/s1. The molecule has 1 aromatic rings. The third-order valence-corrected chi connectivity index (χ3v) is 1.91. The maximum Gasteiger partial charge on any atom is 0.387 e. The summed E-state index contributed by atoms with van der Waals surface area (Å²) < 4.78 is 27.8. The Morgan fingerprint density at radius 2 is 2.14 bits per heavy atom. The molecule has 1 N–H and O–H groups in total. The highest BCUT2D eigenvalue weighted by Crippen LogP contribution is 2.21. The van der Waals surface area contributed by atoms with Crippen molar-refractivity contribution >= 4 is 11.6 Å². The van der Waals surface area contributed by atoms with Gasteiger partial charge in [-0.25, -0.2) is 0 Å². The molecule has 0 radical (unpaired) electrons. The molecule has 1 aromatic carbocycles. The fraction of sp³-hybridized carbons (Fsp3) is 0.333. The van der Waals surface area contributed by atoms with Gasteiger partial charge in [-0.05, 0) is 17.7 Å². The van der Waals surface area contributed by atoms with Gasteiger partial charge in [0.1, 0.15) is 5.75 Å². The molecule has 5 heteroatoms. The highest BCUT2D eigenvalue weighted by Gasteiger charge is 2.08. The summed E-state index contributed by atoms with van der Waals surface area (Å²) in [6.07, 6.45) is -0.863. The van der Waals surface area contributed by atoms with Crippen LogP contribution in [0.1, 0.15) is 11.7 Å². The lowest BCUT2D eigenvalue weighted by Crippen LogP contribution is -2.03. The van der Waals surface area contributed by atoms with Crippen molar-refractivity contribution in [1.82, 2.24) is 0 Å². The predicted octanol–water partition coefficient (Wildman–Crippen LogP) is 2.56. The molecular formula is C9H9ClF2O2. The van der Waals surface area contributed by atoms with Crippen molar-refractivity contribution in [3.63, 3.8) is 0 Å². The molecule has 78 valence electrons. The number of alkyl halides is 3. The van der Waals surface area contributed by atoms with Gasteiger partial charge in [0.2, 0.25) is 0 Å². The van der Waals surface area contributed by atoms with Crippen molar-refractivity contribution in [3.05, 3.63) is 29.8 Å². The van der Waals surface area contributed by atoms with Gasteiger partial charge in [-0.2, -0.15) is 8.78 Å². The van der Waals surface area contributed by atoms with Crippen molar-refractivity contribution in [3.8, 4) is 5.75 Å². The van der Waals surface area contributed by atoms with Crippen LogP contribution in [0.25, 0.3) is 0 Å². The Hall–Kier alpha value is -0.870. The van der Waals surface area contributed by atoms with Crippen LogP contribution in [0.5, 0.6) is 5.75 Å². The molecule has 0 aromatic heterocycles. The molecule has 0 fully saturated rings. The predicted molar refractivity (Wildman–Crippen MR) is 48.8 cm³/mol. The molecule has 0 amide bonds. The summed E-state index contributed by atoms with van der Waals surface area (Å²) in [6, 6.07) is 5.82. The minimum absolute atomic E-state index is 0.0120. The molecule has 0 heterocycles. The molecule has 0 aliphatic rings. The lowest BCUT2D eigenvalue weighted by Gasteiger charge is -2.09. The van der Waals surface area contributed by atoms with Crippen LogP contribution < -0.4 is 4.74 Å². The van der Waals surface area contributed by atoms with E-state index in [0.717, 1.165) is 0 Å². The average Bonchev–Trinajstić information content (AvgIpc) is 2.16. The second-order valence-corrected chi connectivity index (χ2v) is 2.93. The zero-order valence-electron chi connectivity index (χ0n) is 7.16. The fourth-order valence-corrected chi connectivity index (χ4v) is 1.17. The minimum Gasteiger partial charge on any atom is -0.435 e. The molecular weight excluding hydrogens is 214 g/mol. The number of halogens is 3. The summed E-state index contributed by atoms with van der Waals surface area (Å²) >= 11 is 5.41. The first-order valence-corrected chi connectivity index (χ1v) is 4.45. The van der Waals surface area contributed by atoms with E-state index in [0.29, 0.717) is 5.56 Å². The van der Waals surface area contributed by atoms with Gasteiger partial charge in [-0.3, -0.25) is 0 Å². The van der Waals surface area contributed by atoms with Gasteiger partial charge >= 0.3 is 6.61 Å². The van der Waals surface area contributed by atoms with E-state index in [1.807, 2.05) is 0 Å². The van der Waals surface area contributed by atoms with Crippen LogP contribution in [0.4, 0.5) is 8.78 Å². The number of aliphatic hydroxyl groups excluding tert-OH is 1. The molecule has 0 bridgehead atoms. The Labute approximate surface area is 85.1 Å². The number of ether oxygens (including phenoxy) is 1. The van der Waals surface area contributed by atoms with Crippen LogP contribution in [-0.2, 0) is 0 Å². The quantitative estimate of drug-likeness (QED) is 0.794. The van der Waals surface area contributed by atoms with Crippen molar-refractivity contribution in [2.45, 2.75) is 12.7 Å². The van der Waals surface area contributed by atoms with Gasteiger partial charge in [0, 0.05) is 0 Å². The van der Waals surface area contributed by atoms with Crippen molar-refractivity contribution in [2.75, 3.05) is 5.88 Å². The highest BCUT2D eigenvalue weighted by molar-refractivity contribution is 6.18. The van der Waals surface area contributed by atoms with E-state index in [-0.39, 0.29) is 11.6 Å². The van der Waals surface area contributed by atoms with Gasteiger partial charge in [0.05, 0.1) is 12.0 Å². The number of hydrogen-bond donors (Lipinski definition) is 1. The zero-order valence-corrected chi connectivity index (χ0v) is 7.92. The van der Waals surface area contributed by atoms with Crippen molar-refractivity contribution < 1.29 is 18.6 Å². The van der Waals surface area contributed by atoms with E-state index in [4.69, 9.17) is 11.6 Å². The molecule has 0 saturated carbocycles. The topological polar surface area (TPSA) is 29.5 Å². The second kappa shape index (κ2) is 5.12. The van der Waals surface area contributed by atoms with E-state index < -0.39 is 12.7 Å². The van der Waals surface area contributed by atoms with Gasteiger partial charge in [-0.1, -0.05) is 12.1 Å². The first kappa shape index (κ1) is 11.2. The van der Waals surface area contributed by atoms with Crippen LogP contribution in [0.3, 0.4) is 0 Å². The second-order valence-electron chi connectivity index (χ2n) is 2.62. The van der Waals surface area contributed by atoms with Gasteiger partial charge in [0.15, 0.2) is 0 Å². The Balaban J connectivity index is 2.78. The number of benzene rings is 1. The van der Waals surface area contributed by atoms with Crippen molar-refractivity contribution in [1.29, 1.82) is 0 Å². The molecule has 0 spiro atoms. The molecule has 2 nitrogen and oxygen atoms in total. The van der Waals surface area contributed by atoms with Gasteiger partial charge < -0.3 is 9.84 Å². The van der Waals surface area contributed by atoms with Crippen LogP contribution in [0.2, 0.25) is 0 Å². The minimum atomic E-state index is -2.86. The zero-order chi connectivity index (χ0) is 10.6. The number of rotatable bonds is 4. The van der Waals surface area contributed by atoms with Gasteiger partial charge in [-0.15, -0.1) is 11.6 Å². The monoisotopic (exact) mass is 222 g/mol. The summed E-state index contributed by atoms with van der Waals surface area (Å²) in [5.41, 5.74) is 0.457. The van der Waals surface area contributed by atoms with Crippen LogP contribution in [-0.4, -0.2) is 17.6 Å². The first-order chi connectivity index (χ1) is 6.63. The summed E-state index contributed by atoms with van der Waals surface area (Å²) in [6.45, 7) is -2.86. The molecule has 1 rings (SSSR count). The Bertz CT molecular complexity index is 294. The van der Waals surface area contributed by atoms with E-state index >= 15 is 0 Å². The first-order valence-electron chi connectivity index (χ1n) is 3.92. The summed E-state index contributed by atoms with van der Waals surface area (Å²) in [7, 11) is 0. The van der Waals surface area contributed by atoms with Crippen molar-refractivity contribution in [2.24, 2.45) is 0 Å². The number of hydrogen-bond acceptors (Lipinski definition) is 2. The van der Waals surface area contributed by atoms with Gasteiger partial charge in [0.25, 0.3) is 0 Å². The van der Waals surface area contributed by atoms with Crippen LogP contribution in [0, 0.1) is 0 Å².